The van der Waals surface area contributed by atoms with Crippen molar-refractivity contribution in [1.29, 1.82) is 0 Å². The van der Waals surface area contributed by atoms with Gasteiger partial charge in [-0.25, -0.2) is 4.39 Å². The molecule has 0 fully saturated rings. The van der Waals surface area contributed by atoms with Gasteiger partial charge in [-0.05, 0) is 40.5 Å². The standard InChI is InChI=1S/C16H14BrFO/c1-10-2-4-11(5-3-10)8-12-9-13-15(18)7-6-14(17)16(13)19-12/h2-7,12H,8-9H2,1H3. The summed E-state index contributed by atoms with van der Waals surface area (Å²) in [6.45, 7) is 2.07. The smallest absolute Gasteiger partial charge is 0.140 e. The van der Waals surface area contributed by atoms with Crippen molar-refractivity contribution in [1.82, 2.24) is 0 Å². The van der Waals surface area contributed by atoms with Crippen LogP contribution in [0.4, 0.5) is 4.39 Å². The van der Waals surface area contributed by atoms with E-state index in [1.54, 1.807) is 6.07 Å². The molecule has 0 radical (unpaired) electrons. The van der Waals surface area contributed by atoms with E-state index in [4.69, 9.17) is 4.74 Å². The minimum atomic E-state index is -0.176. The molecule has 0 saturated carbocycles. The SMILES string of the molecule is Cc1ccc(CC2Cc3c(F)ccc(Br)c3O2)cc1. The van der Waals surface area contributed by atoms with Crippen LogP contribution >= 0.6 is 15.9 Å². The molecule has 1 nitrogen and oxygen atoms in total. The number of ether oxygens (including phenoxy) is 1. The Bertz CT molecular complexity index is 576. The molecule has 0 bridgehead atoms. The molecule has 2 aromatic carbocycles. The summed E-state index contributed by atoms with van der Waals surface area (Å²) in [5.74, 6) is 0.488. The highest BCUT2D eigenvalue weighted by atomic mass is 79.9. The van der Waals surface area contributed by atoms with E-state index < -0.39 is 0 Å². The number of hydrogen-bond donors (Lipinski definition) is 0. The van der Waals surface area contributed by atoms with Crippen LogP contribution in [0.5, 0.6) is 5.75 Å². The van der Waals surface area contributed by atoms with E-state index in [1.807, 2.05) is 0 Å². The van der Waals surface area contributed by atoms with Gasteiger partial charge in [0.25, 0.3) is 0 Å². The van der Waals surface area contributed by atoms with E-state index in [9.17, 15) is 4.39 Å². The van der Waals surface area contributed by atoms with Gasteiger partial charge in [0.1, 0.15) is 17.7 Å². The molecule has 1 atom stereocenters. The molecule has 1 unspecified atom stereocenters. The van der Waals surface area contributed by atoms with Crippen molar-refractivity contribution in [2.75, 3.05) is 0 Å². The molecule has 0 saturated heterocycles. The Morgan fingerprint density at radius 2 is 1.95 bits per heavy atom. The predicted molar refractivity (Wildman–Crippen MR) is 77.1 cm³/mol. The first-order chi connectivity index (χ1) is 9.13. The van der Waals surface area contributed by atoms with Gasteiger partial charge in [-0.2, -0.15) is 0 Å². The van der Waals surface area contributed by atoms with E-state index in [0.29, 0.717) is 17.7 Å². The Morgan fingerprint density at radius 3 is 2.63 bits per heavy atom. The largest absolute Gasteiger partial charge is 0.488 e. The molecule has 1 aliphatic rings. The highest BCUT2D eigenvalue weighted by molar-refractivity contribution is 9.10. The minimum Gasteiger partial charge on any atom is -0.488 e. The third-order valence-electron chi connectivity index (χ3n) is 3.46. The summed E-state index contributed by atoms with van der Waals surface area (Å²) in [5.41, 5.74) is 3.15. The van der Waals surface area contributed by atoms with Crippen LogP contribution in [0, 0.1) is 12.7 Å². The first kappa shape index (κ1) is 12.7. The first-order valence-electron chi connectivity index (χ1n) is 6.32. The second kappa shape index (κ2) is 4.97. The van der Waals surface area contributed by atoms with Crippen LogP contribution in [0.25, 0.3) is 0 Å². The first-order valence-corrected chi connectivity index (χ1v) is 7.12. The highest BCUT2D eigenvalue weighted by Crippen LogP contribution is 2.38. The summed E-state index contributed by atoms with van der Waals surface area (Å²) >= 11 is 3.41. The lowest BCUT2D eigenvalue weighted by Gasteiger charge is -2.11. The monoisotopic (exact) mass is 320 g/mol. The van der Waals surface area contributed by atoms with Crippen LogP contribution in [-0.4, -0.2) is 6.10 Å². The van der Waals surface area contributed by atoms with Crippen molar-refractivity contribution in [2.45, 2.75) is 25.9 Å². The van der Waals surface area contributed by atoms with Gasteiger partial charge in [-0.15, -0.1) is 0 Å². The van der Waals surface area contributed by atoms with Gasteiger partial charge < -0.3 is 4.74 Å². The average molecular weight is 321 g/mol. The number of aryl methyl sites for hydroxylation is 1. The zero-order valence-corrected chi connectivity index (χ0v) is 12.2. The molecule has 0 N–H and O–H groups in total. The minimum absolute atomic E-state index is 0.0194. The molecule has 2 aromatic rings. The fourth-order valence-electron chi connectivity index (χ4n) is 2.43. The van der Waals surface area contributed by atoms with E-state index in [1.165, 1.54) is 17.2 Å². The van der Waals surface area contributed by atoms with Gasteiger partial charge in [-0.3, -0.25) is 0 Å². The number of benzene rings is 2. The number of fused-ring (bicyclic) bond motifs is 1. The van der Waals surface area contributed by atoms with Gasteiger partial charge in [0.2, 0.25) is 0 Å². The molecular formula is C16H14BrFO. The lowest BCUT2D eigenvalue weighted by Crippen LogP contribution is -2.16. The maximum absolute atomic E-state index is 13.7. The molecule has 1 heterocycles. The number of rotatable bonds is 2. The molecule has 19 heavy (non-hydrogen) atoms. The summed E-state index contributed by atoms with van der Waals surface area (Å²) < 4.78 is 20.4. The van der Waals surface area contributed by atoms with Crippen molar-refractivity contribution in [3.05, 3.63) is 63.4 Å². The average Bonchev–Trinajstić information content (AvgIpc) is 2.82. The van der Waals surface area contributed by atoms with E-state index in [2.05, 4.69) is 47.1 Å². The molecule has 0 aromatic heterocycles. The Morgan fingerprint density at radius 1 is 1.21 bits per heavy atom. The molecule has 3 heteroatoms. The van der Waals surface area contributed by atoms with Gasteiger partial charge in [0.15, 0.2) is 0 Å². The van der Waals surface area contributed by atoms with Gasteiger partial charge in [0.05, 0.1) is 4.47 Å². The van der Waals surface area contributed by atoms with Crippen molar-refractivity contribution < 1.29 is 9.13 Å². The van der Waals surface area contributed by atoms with Gasteiger partial charge >= 0.3 is 0 Å². The number of hydrogen-bond acceptors (Lipinski definition) is 1. The Hall–Kier alpha value is -1.35. The summed E-state index contributed by atoms with van der Waals surface area (Å²) in [7, 11) is 0. The summed E-state index contributed by atoms with van der Waals surface area (Å²) in [5, 5.41) is 0. The fourth-order valence-corrected chi connectivity index (χ4v) is 2.89. The van der Waals surface area contributed by atoms with Crippen LogP contribution in [-0.2, 0) is 12.8 Å². The zero-order chi connectivity index (χ0) is 13.4. The normalized spacial score (nSPS) is 17.1. The molecule has 1 aliphatic heterocycles. The maximum Gasteiger partial charge on any atom is 0.140 e. The van der Waals surface area contributed by atoms with Crippen LogP contribution in [0.1, 0.15) is 16.7 Å². The third kappa shape index (κ3) is 2.52. The summed E-state index contributed by atoms with van der Waals surface area (Å²) in [6, 6.07) is 11.6. The Labute approximate surface area is 120 Å². The predicted octanol–water partition coefficient (Wildman–Crippen LogP) is 4.44. The quantitative estimate of drug-likeness (QED) is 0.794. The topological polar surface area (TPSA) is 9.23 Å². The van der Waals surface area contributed by atoms with Crippen molar-refractivity contribution in [3.63, 3.8) is 0 Å². The lowest BCUT2D eigenvalue weighted by molar-refractivity contribution is 0.232. The lowest BCUT2D eigenvalue weighted by atomic mass is 10.0. The zero-order valence-electron chi connectivity index (χ0n) is 10.6. The van der Waals surface area contributed by atoms with E-state index >= 15 is 0 Å². The summed E-state index contributed by atoms with van der Waals surface area (Å²) in [6.07, 6.45) is 1.46. The third-order valence-corrected chi connectivity index (χ3v) is 4.08. The molecule has 0 aliphatic carbocycles. The second-order valence-corrected chi connectivity index (χ2v) is 5.82. The Balaban J connectivity index is 1.79. The van der Waals surface area contributed by atoms with E-state index in [0.717, 1.165) is 10.9 Å². The second-order valence-electron chi connectivity index (χ2n) is 4.97. The van der Waals surface area contributed by atoms with Crippen molar-refractivity contribution in [2.24, 2.45) is 0 Å². The summed E-state index contributed by atoms with van der Waals surface area (Å²) in [4.78, 5) is 0. The molecule has 3 rings (SSSR count). The number of halogens is 2. The van der Waals surface area contributed by atoms with Gasteiger partial charge in [0, 0.05) is 18.4 Å². The van der Waals surface area contributed by atoms with Crippen LogP contribution < -0.4 is 4.74 Å². The van der Waals surface area contributed by atoms with Crippen molar-refractivity contribution >= 4 is 15.9 Å². The van der Waals surface area contributed by atoms with E-state index in [-0.39, 0.29) is 11.9 Å². The van der Waals surface area contributed by atoms with Crippen LogP contribution in [0.15, 0.2) is 40.9 Å². The molecular weight excluding hydrogens is 307 g/mol. The molecule has 0 spiro atoms. The maximum atomic E-state index is 13.7. The van der Waals surface area contributed by atoms with Crippen LogP contribution in [0.2, 0.25) is 0 Å². The van der Waals surface area contributed by atoms with Crippen LogP contribution in [0.3, 0.4) is 0 Å². The highest BCUT2D eigenvalue weighted by Gasteiger charge is 2.27. The molecule has 0 amide bonds. The molecule has 98 valence electrons. The van der Waals surface area contributed by atoms with Crippen molar-refractivity contribution in [3.8, 4) is 5.75 Å². The Kier molecular flexibility index (Phi) is 3.31. The fraction of sp³-hybridized carbons (Fsp3) is 0.250. The van der Waals surface area contributed by atoms with Gasteiger partial charge in [-0.1, -0.05) is 29.8 Å².